The summed E-state index contributed by atoms with van der Waals surface area (Å²) < 4.78 is 46.3. The van der Waals surface area contributed by atoms with Crippen molar-refractivity contribution in [2.45, 2.75) is 30.1 Å². The van der Waals surface area contributed by atoms with Crippen LogP contribution in [0.5, 0.6) is 0 Å². The Hall–Kier alpha value is -3.81. The fourth-order valence-corrected chi connectivity index (χ4v) is 3.74. The van der Waals surface area contributed by atoms with Crippen LogP contribution in [0.2, 0.25) is 0 Å². The molecule has 0 bridgehead atoms. The van der Waals surface area contributed by atoms with Crippen LogP contribution >= 0.6 is 11.8 Å². The van der Waals surface area contributed by atoms with Crippen molar-refractivity contribution < 1.29 is 22.5 Å². The highest BCUT2D eigenvalue weighted by Crippen LogP contribution is 2.37. The van der Waals surface area contributed by atoms with Gasteiger partial charge in [-0.05, 0) is 31.2 Å². The number of nitro benzene ring substituents is 1. The molecule has 33 heavy (non-hydrogen) atoms. The van der Waals surface area contributed by atoms with Gasteiger partial charge in [-0.15, -0.1) is 20.4 Å². The van der Waals surface area contributed by atoms with Gasteiger partial charge in [-0.3, -0.25) is 19.7 Å². The smallest absolute Gasteiger partial charge is 0.406 e. The van der Waals surface area contributed by atoms with Crippen molar-refractivity contribution in [3.8, 4) is 22.8 Å². The number of nitro groups is 1. The molecular weight excluding hydrogens is 463 g/mol. The van der Waals surface area contributed by atoms with Crippen molar-refractivity contribution >= 4 is 17.4 Å². The molecular formula is C19H14F3N7O3S. The zero-order chi connectivity index (χ0) is 23.6. The van der Waals surface area contributed by atoms with Gasteiger partial charge >= 0.3 is 6.18 Å². The van der Waals surface area contributed by atoms with Crippen molar-refractivity contribution in [2.24, 2.45) is 0 Å². The molecule has 0 saturated carbocycles. The van der Waals surface area contributed by atoms with Gasteiger partial charge in [-0.1, -0.05) is 11.8 Å². The van der Waals surface area contributed by atoms with Gasteiger partial charge in [0.05, 0.1) is 10.2 Å². The normalized spacial score (nSPS) is 12.6. The van der Waals surface area contributed by atoms with Crippen LogP contribution < -0.4 is 0 Å². The minimum atomic E-state index is -4.49. The van der Waals surface area contributed by atoms with Gasteiger partial charge in [0.2, 0.25) is 11.8 Å². The molecule has 0 aliphatic carbocycles. The van der Waals surface area contributed by atoms with Gasteiger partial charge < -0.3 is 4.42 Å². The minimum Gasteiger partial charge on any atom is -0.419 e. The molecule has 0 N–H and O–H groups in total. The van der Waals surface area contributed by atoms with E-state index in [2.05, 4.69) is 25.4 Å². The molecule has 14 heteroatoms. The summed E-state index contributed by atoms with van der Waals surface area (Å²) in [6.07, 6.45) is -1.58. The molecule has 1 unspecified atom stereocenters. The number of hydrogen-bond donors (Lipinski definition) is 0. The number of aromatic nitrogens is 6. The molecule has 0 aliphatic heterocycles. The van der Waals surface area contributed by atoms with E-state index in [4.69, 9.17) is 4.42 Å². The molecule has 1 aromatic carbocycles. The van der Waals surface area contributed by atoms with Crippen LogP contribution in [0.4, 0.5) is 18.9 Å². The van der Waals surface area contributed by atoms with Gasteiger partial charge in [0, 0.05) is 35.7 Å². The average molecular weight is 477 g/mol. The van der Waals surface area contributed by atoms with Gasteiger partial charge in [0.15, 0.2) is 11.0 Å². The first kappa shape index (κ1) is 22.4. The number of benzene rings is 1. The Morgan fingerprint density at radius 3 is 2.39 bits per heavy atom. The fourth-order valence-electron chi connectivity index (χ4n) is 2.86. The first-order chi connectivity index (χ1) is 15.7. The molecule has 0 aliphatic rings. The van der Waals surface area contributed by atoms with E-state index >= 15 is 0 Å². The Kier molecular flexibility index (Phi) is 6.09. The van der Waals surface area contributed by atoms with Gasteiger partial charge in [0.25, 0.3) is 5.69 Å². The lowest BCUT2D eigenvalue weighted by Gasteiger charge is -2.13. The predicted molar refractivity (Wildman–Crippen MR) is 110 cm³/mol. The summed E-state index contributed by atoms with van der Waals surface area (Å²) in [7, 11) is 0. The van der Waals surface area contributed by atoms with E-state index in [0.717, 1.165) is 16.3 Å². The molecule has 4 aromatic rings. The maximum absolute atomic E-state index is 13.2. The van der Waals surface area contributed by atoms with E-state index in [1.807, 2.05) is 0 Å². The summed E-state index contributed by atoms with van der Waals surface area (Å²) in [5, 5.41) is 26.0. The molecule has 0 fully saturated rings. The van der Waals surface area contributed by atoms with E-state index in [9.17, 15) is 23.3 Å². The summed E-state index contributed by atoms with van der Waals surface area (Å²) >= 11 is 0.983. The molecule has 10 nitrogen and oxygen atoms in total. The fraction of sp³-hybridized carbons (Fsp3) is 0.211. The molecule has 0 radical (unpaired) electrons. The number of non-ortho nitro benzene ring substituents is 1. The Labute approximate surface area is 188 Å². The Morgan fingerprint density at radius 1 is 1.06 bits per heavy atom. The van der Waals surface area contributed by atoms with Crippen molar-refractivity contribution in [2.75, 3.05) is 0 Å². The van der Waals surface area contributed by atoms with E-state index in [0.29, 0.717) is 11.1 Å². The maximum Gasteiger partial charge on any atom is 0.406 e. The quantitative estimate of drug-likeness (QED) is 0.211. The molecule has 1 atom stereocenters. The number of alkyl halides is 3. The summed E-state index contributed by atoms with van der Waals surface area (Å²) in [5.74, 6) is 0.337. The monoisotopic (exact) mass is 477 g/mol. The van der Waals surface area contributed by atoms with Gasteiger partial charge in [0.1, 0.15) is 6.54 Å². The van der Waals surface area contributed by atoms with E-state index in [1.165, 1.54) is 36.7 Å². The molecule has 3 heterocycles. The van der Waals surface area contributed by atoms with Crippen LogP contribution in [0.3, 0.4) is 0 Å². The molecule has 170 valence electrons. The molecule has 0 spiro atoms. The second-order valence-electron chi connectivity index (χ2n) is 6.75. The lowest BCUT2D eigenvalue weighted by molar-refractivity contribution is -0.384. The number of hydrogen-bond acceptors (Lipinski definition) is 9. The third-order valence-corrected chi connectivity index (χ3v) is 5.46. The van der Waals surface area contributed by atoms with E-state index < -0.39 is 22.9 Å². The van der Waals surface area contributed by atoms with Crippen molar-refractivity contribution in [1.82, 2.24) is 29.9 Å². The van der Waals surface area contributed by atoms with Gasteiger partial charge in [-0.2, -0.15) is 13.2 Å². The molecule has 3 aromatic heterocycles. The van der Waals surface area contributed by atoms with Gasteiger partial charge in [-0.25, -0.2) is 0 Å². The second-order valence-corrected chi connectivity index (χ2v) is 8.06. The highest BCUT2D eigenvalue weighted by atomic mass is 32.2. The number of nitrogens with zero attached hydrogens (tertiary/aromatic N) is 7. The van der Waals surface area contributed by atoms with Crippen LogP contribution in [0.1, 0.15) is 18.1 Å². The summed E-state index contributed by atoms with van der Waals surface area (Å²) in [6, 6.07) is 8.63. The number of halogens is 3. The molecule has 0 saturated heterocycles. The second kappa shape index (κ2) is 8.97. The first-order valence-corrected chi connectivity index (χ1v) is 10.2. The highest BCUT2D eigenvalue weighted by Gasteiger charge is 2.32. The standard InChI is InChI=1S/C19H14F3N7O3S/c1-11(16-25-26-17(32-16)13-2-4-14(5-3-13)29(30)31)33-18-27-24-15(12-6-8-23-9-7-12)28(18)10-19(20,21)22/h2-9,11H,10H2,1H3. The topological polar surface area (TPSA) is 126 Å². The van der Waals surface area contributed by atoms with Crippen LogP contribution in [-0.2, 0) is 6.54 Å². The Morgan fingerprint density at radius 2 is 1.76 bits per heavy atom. The Balaban J connectivity index is 1.58. The lowest BCUT2D eigenvalue weighted by Crippen LogP contribution is -2.19. The third-order valence-electron chi connectivity index (χ3n) is 4.39. The number of thioether (sulfide) groups is 1. The van der Waals surface area contributed by atoms with Crippen molar-refractivity contribution in [3.05, 3.63) is 64.8 Å². The van der Waals surface area contributed by atoms with E-state index in [1.54, 1.807) is 19.1 Å². The van der Waals surface area contributed by atoms with Crippen LogP contribution in [0.25, 0.3) is 22.8 Å². The zero-order valence-corrected chi connectivity index (χ0v) is 17.6. The summed E-state index contributed by atoms with van der Waals surface area (Å²) in [6.45, 7) is 0.404. The highest BCUT2D eigenvalue weighted by molar-refractivity contribution is 7.99. The zero-order valence-electron chi connectivity index (χ0n) is 16.8. The molecule has 0 amide bonds. The summed E-state index contributed by atoms with van der Waals surface area (Å²) in [5.41, 5.74) is 0.827. The van der Waals surface area contributed by atoms with Crippen LogP contribution in [0, 0.1) is 10.1 Å². The van der Waals surface area contributed by atoms with Crippen molar-refractivity contribution in [1.29, 1.82) is 0 Å². The van der Waals surface area contributed by atoms with Crippen LogP contribution in [-0.4, -0.2) is 41.0 Å². The number of pyridine rings is 1. The SMILES string of the molecule is CC(Sc1nnc(-c2ccncc2)n1CC(F)(F)F)c1nnc(-c2ccc([N+](=O)[O-])cc2)o1. The van der Waals surface area contributed by atoms with E-state index in [-0.39, 0.29) is 28.4 Å². The van der Waals surface area contributed by atoms with Crippen LogP contribution in [0.15, 0.2) is 58.4 Å². The number of rotatable bonds is 7. The van der Waals surface area contributed by atoms with Crippen molar-refractivity contribution in [3.63, 3.8) is 0 Å². The minimum absolute atomic E-state index is 0.0294. The third kappa shape index (κ3) is 5.16. The maximum atomic E-state index is 13.2. The Bertz CT molecular complexity index is 1260. The predicted octanol–water partition coefficient (Wildman–Crippen LogP) is 4.71. The largest absolute Gasteiger partial charge is 0.419 e. The molecule has 4 rings (SSSR count). The lowest BCUT2D eigenvalue weighted by atomic mass is 10.2. The first-order valence-electron chi connectivity index (χ1n) is 9.36. The average Bonchev–Trinajstić information content (AvgIpc) is 3.41. The summed E-state index contributed by atoms with van der Waals surface area (Å²) in [4.78, 5) is 14.1.